The molecule has 0 aromatic rings. The summed E-state index contributed by atoms with van der Waals surface area (Å²) < 4.78 is 22.6. The molecule has 0 aromatic carbocycles. The first-order valence-corrected chi connectivity index (χ1v) is 19.7. The van der Waals surface area contributed by atoms with E-state index in [4.69, 9.17) is 29.2 Å². The fourth-order valence-electron chi connectivity index (χ4n) is 5.67. The summed E-state index contributed by atoms with van der Waals surface area (Å²) in [4.78, 5) is 0. The number of allylic oxidation sites excluding steroid dienone is 2. The minimum Gasteiger partial charge on any atom is -1.51 e. The van der Waals surface area contributed by atoms with E-state index in [1.54, 1.807) is 0 Å². The number of ether oxygens (including phenoxy) is 4. The van der Waals surface area contributed by atoms with Gasteiger partial charge in [-0.1, -0.05) is 76.4 Å². The van der Waals surface area contributed by atoms with Crippen molar-refractivity contribution in [2.24, 2.45) is 0 Å². The van der Waals surface area contributed by atoms with E-state index < -0.39 is 0 Å². The van der Waals surface area contributed by atoms with Gasteiger partial charge in [-0.3, -0.25) is 0 Å². The first kappa shape index (κ1) is 50.1. The van der Waals surface area contributed by atoms with Crippen LogP contribution in [0.3, 0.4) is 0 Å². The van der Waals surface area contributed by atoms with E-state index in [9.17, 15) is 0 Å². The molecule has 2 fully saturated rings. The van der Waals surface area contributed by atoms with Crippen LogP contribution >= 0.6 is 9.90 Å². The van der Waals surface area contributed by atoms with Gasteiger partial charge in [0.05, 0.1) is 0 Å². The Morgan fingerprint density at radius 2 is 0.896 bits per heavy atom. The second kappa shape index (κ2) is 43.1. The van der Waals surface area contributed by atoms with E-state index >= 15 is 0 Å². The van der Waals surface area contributed by atoms with Crippen LogP contribution in [0.25, 0.3) is 0 Å². The fraction of sp³-hybridized carbons (Fsp3) is 0.900. The summed E-state index contributed by atoms with van der Waals surface area (Å²) in [5.41, 5.74) is 0. The molecule has 2 N–H and O–H groups in total. The molecular weight excluding hydrogens is 666 g/mol. The molecule has 2 unspecified atom stereocenters. The van der Waals surface area contributed by atoms with Crippen molar-refractivity contribution in [1.82, 2.24) is 0 Å². The Bertz CT molecular complexity index is 696. The number of aliphatic hydroxyl groups excluding tert-OH is 2. The molecular formula is C40H77NiO6P-2. The Balaban J connectivity index is -0.000000814. The number of aliphatic hydroxyl groups is 2. The molecule has 6 nitrogen and oxygen atoms in total. The minimum absolute atomic E-state index is 0. The molecule has 2 saturated heterocycles. The normalized spacial score (nSPS) is 17.5. The molecule has 0 bridgehead atoms. The molecule has 2 aliphatic heterocycles. The van der Waals surface area contributed by atoms with Crippen LogP contribution in [0, 0.1) is 11.8 Å². The Hall–Kier alpha value is -0.0165. The van der Waals surface area contributed by atoms with Crippen molar-refractivity contribution in [3.63, 3.8) is 0 Å². The molecule has 2 atom stereocenters. The molecule has 2 rings (SSSR count). The zero-order valence-corrected chi connectivity index (χ0v) is 32.7. The van der Waals surface area contributed by atoms with Crippen LogP contribution in [0.4, 0.5) is 0 Å². The van der Waals surface area contributed by atoms with Gasteiger partial charge in [0, 0.05) is 70.4 Å². The molecule has 48 heavy (non-hydrogen) atoms. The summed E-state index contributed by atoms with van der Waals surface area (Å²) in [6.45, 7) is 4.10. The van der Waals surface area contributed by atoms with Crippen molar-refractivity contribution >= 4 is 9.90 Å². The van der Waals surface area contributed by atoms with Crippen LogP contribution in [-0.4, -0.2) is 62.4 Å². The van der Waals surface area contributed by atoms with Crippen molar-refractivity contribution in [3.05, 3.63) is 12.2 Å². The van der Waals surface area contributed by atoms with Crippen molar-refractivity contribution in [1.29, 1.82) is 0 Å². The average Bonchev–Trinajstić information content (AvgIpc) is 3.09. The molecule has 8 heteroatoms. The van der Waals surface area contributed by atoms with Gasteiger partial charge in [0.15, 0.2) is 12.6 Å². The third-order valence-electron chi connectivity index (χ3n) is 8.63. The van der Waals surface area contributed by atoms with Gasteiger partial charge in [-0.15, -0.1) is 11.8 Å². The maximum atomic E-state index is 8.68. The first-order valence-electron chi connectivity index (χ1n) is 19.7. The van der Waals surface area contributed by atoms with Gasteiger partial charge in [-0.25, -0.2) is 0 Å². The fourth-order valence-corrected chi connectivity index (χ4v) is 5.67. The predicted octanol–water partition coefficient (Wildman–Crippen LogP) is 11.0. The van der Waals surface area contributed by atoms with E-state index in [1.165, 1.54) is 122 Å². The third kappa shape index (κ3) is 37.2. The van der Waals surface area contributed by atoms with E-state index in [2.05, 4.69) is 24.0 Å². The molecule has 290 valence electrons. The second-order valence-corrected chi connectivity index (χ2v) is 13.0. The summed E-state index contributed by atoms with van der Waals surface area (Å²) in [5.74, 6) is 6.42. The summed E-state index contributed by atoms with van der Waals surface area (Å²) in [6, 6.07) is 0. The van der Waals surface area contributed by atoms with Gasteiger partial charge in [0.2, 0.25) is 0 Å². The Kier molecular flexibility index (Phi) is 45.0. The van der Waals surface area contributed by atoms with Gasteiger partial charge >= 0.3 is 0 Å². The van der Waals surface area contributed by atoms with Gasteiger partial charge in [0.1, 0.15) is 0 Å². The summed E-state index contributed by atoms with van der Waals surface area (Å²) in [6.07, 6.45) is 38.2. The van der Waals surface area contributed by atoms with E-state index in [-0.39, 0.29) is 40.4 Å². The predicted molar refractivity (Wildman–Crippen MR) is 202 cm³/mol. The number of rotatable bonds is 28. The van der Waals surface area contributed by atoms with Crippen LogP contribution < -0.4 is 0 Å². The standard InChI is InChI=1S/C20H38O3.C20H36O3.Ni.HP.H2/c2*21-17-13-10-8-6-4-2-1-3-5-7-9-11-14-18-22-20-16-12-15-19-23-20;;;/h4,6,20-21H,1-3,5,7-19H2;20-21H,1-3,5,7-19H2;;2*1H/q;;;-2;/b6-4-;;;;. The summed E-state index contributed by atoms with van der Waals surface area (Å²) in [7, 11) is 0. The van der Waals surface area contributed by atoms with Crippen molar-refractivity contribution < 1.29 is 47.1 Å². The van der Waals surface area contributed by atoms with E-state index in [0.717, 1.165) is 84.2 Å². The monoisotopic (exact) mass is 742 g/mol. The zero-order chi connectivity index (χ0) is 32.9. The Labute approximate surface area is 312 Å². The molecule has 0 amide bonds. The van der Waals surface area contributed by atoms with Crippen molar-refractivity contribution in [3.8, 4) is 11.8 Å². The van der Waals surface area contributed by atoms with Gasteiger partial charge in [-0.05, 0) is 103 Å². The molecule has 2 aliphatic rings. The summed E-state index contributed by atoms with van der Waals surface area (Å²) >= 11 is 0. The SMILES string of the molecule is OCCCC/C=C\CCCCCCCCCOC1CCCCO1.OCCCCC#CCCCCCCCCCOC1CCCCO1.[HH].[Ni].[PH-2]. The third-order valence-corrected chi connectivity index (χ3v) is 8.63. The van der Waals surface area contributed by atoms with Gasteiger partial charge < -0.3 is 39.1 Å². The average molecular weight is 744 g/mol. The van der Waals surface area contributed by atoms with Gasteiger partial charge in [0.25, 0.3) is 0 Å². The molecule has 0 aliphatic carbocycles. The maximum Gasteiger partial charge on any atom is 0.157 e. The number of unbranched alkanes of at least 4 members (excludes halogenated alkanes) is 18. The quantitative estimate of drug-likeness (QED) is 0.0273. The largest absolute Gasteiger partial charge is 1.51 e. The summed E-state index contributed by atoms with van der Waals surface area (Å²) in [5, 5.41) is 17.3. The second-order valence-electron chi connectivity index (χ2n) is 13.0. The van der Waals surface area contributed by atoms with Crippen LogP contribution in [0.15, 0.2) is 12.2 Å². The van der Waals surface area contributed by atoms with E-state index in [0.29, 0.717) is 13.2 Å². The van der Waals surface area contributed by atoms with Crippen LogP contribution in [-0.2, 0) is 35.4 Å². The number of hydrogen-bond acceptors (Lipinski definition) is 6. The molecule has 0 aromatic heterocycles. The molecule has 2 heterocycles. The van der Waals surface area contributed by atoms with Crippen LogP contribution in [0.1, 0.15) is 181 Å². The Morgan fingerprint density at radius 1 is 0.521 bits per heavy atom. The van der Waals surface area contributed by atoms with Gasteiger partial charge in [-0.2, -0.15) is 0 Å². The molecule has 0 radical (unpaired) electrons. The van der Waals surface area contributed by atoms with E-state index in [1.807, 2.05) is 0 Å². The maximum absolute atomic E-state index is 8.68. The molecule has 0 saturated carbocycles. The number of hydrogen-bond donors (Lipinski definition) is 2. The van der Waals surface area contributed by atoms with Crippen LogP contribution in [0.2, 0.25) is 0 Å². The van der Waals surface area contributed by atoms with Crippen molar-refractivity contribution in [2.45, 2.75) is 192 Å². The Morgan fingerprint density at radius 3 is 1.33 bits per heavy atom. The molecule has 0 spiro atoms. The first-order chi connectivity index (χ1) is 22.9. The smallest absolute Gasteiger partial charge is 0.157 e. The van der Waals surface area contributed by atoms with Crippen LogP contribution in [0.5, 0.6) is 0 Å². The topological polar surface area (TPSA) is 77.4 Å². The van der Waals surface area contributed by atoms with Crippen molar-refractivity contribution in [2.75, 3.05) is 39.6 Å². The minimum atomic E-state index is 0. The zero-order valence-electron chi connectivity index (χ0n) is 30.7.